The molecule has 3 nitrogen and oxygen atoms in total. The third-order valence-electron chi connectivity index (χ3n) is 3.08. The molecule has 2 aromatic carbocycles. The van der Waals surface area contributed by atoms with Crippen molar-refractivity contribution in [3.63, 3.8) is 0 Å². The molecule has 0 saturated carbocycles. The molecule has 19 heavy (non-hydrogen) atoms. The molecule has 0 atom stereocenters. The molecule has 0 unspecified atom stereocenters. The average molecular weight is 315 g/mol. The second kappa shape index (κ2) is 4.55. The van der Waals surface area contributed by atoms with Gasteiger partial charge in [0.15, 0.2) is 0 Å². The molecule has 0 fully saturated rings. The Morgan fingerprint density at radius 1 is 1.11 bits per heavy atom. The predicted octanol–water partition coefficient (Wildman–Crippen LogP) is 3.23. The van der Waals surface area contributed by atoms with Crippen LogP contribution in [0.4, 0.5) is 5.69 Å². The fraction of sp³-hybridized carbons (Fsp3) is 0. The van der Waals surface area contributed by atoms with Gasteiger partial charge in [0.05, 0.1) is 11.3 Å². The highest BCUT2D eigenvalue weighted by Crippen LogP contribution is 2.36. The van der Waals surface area contributed by atoms with Gasteiger partial charge in [-0.15, -0.1) is 0 Å². The highest BCUT2D eigenvalue weighted by Gasteiger charge is 2.27. The summed E-state index contributed by atoms with van der Waals surface area (Å²) in [6.07, 6.45) is 0. The van der Waals surface area contributed by atoms with E-state index >= 15 is 0 Å². The summed E-state index contributed by atoms with van der Waals surface area (Å²) in [4.78, 5) is 12.1. The van der Waals surface area contributed by atoms with Crippen LogP contribution in [0.15, 0.2) is 53.0 Å². The van der Waals surface area contributed by atoms with Crippen LogP contribution in [0.5, 0.6) is 0 Å². The van der Waals surface area contributed by atoms with Gasteiger partial charge < -0.3 is 11.1 Å². The zero-order valence-electron chi connectivity index (χ0n) is 9.98. The van der Waals surface area contributed by atoms with Crippen LogP contribution in [0.2, 0.25) is 0 Å². The molecule has 4 heteroatoms. The Hall–Kier alpha value is -2.07. The quantitative estimate of drug-likeness (QED) is 0.794. The number of anilines is 1. The van der Waals surface area contributed by atoms with Crippen molar-refractivity contribution in [3.8, 4) is 0 Å². The first kappa shape index (κ1) is 12.0. The van der Waals surface area contributed by atoms with Crippen LogP contribution >= 0.6 is 15.9 Å². The molecule has 0 saturated heterocycles. The van der Waals surface area contributed by atoms with Gasteiger partial charge in [-0.2, -0.15) is 0 Å². The van der Waals surface area contributed by atoms with Gasteiger partial charge in [-0.05, 0) is 23.8 Å². The van der Waals surface area contributed by atoms with Gasteiger partial charge in [0.2, 0.25) is 0 Å². The normalized spacial score (nSPS) is 15.9. The molecular formula is C15H11BrN2O. The maximum Gasteiger partial charge on any atom is 0.258 e. The summed E-state index contributed by atoms with van der Waals surface area (Å²) in [6, 6.07) is 15.2. The summed E-state index contributed by atoms with van der Waals surface area (Å²) < 4.78 is 0.918. The number of halogens is 1. The summed E-state index contributed by atoms with van der Waals surface area (Å²) >= 11 is 3.42. The van der Waals surface area contributed by atoms with Crippen LogP contribution in [0, 0.1) is 0 Å². The molecule has 1 amide bonds. The maximum absolute atomic E-state index is 12.1. The topological polar surface area (TPSA) is 55.1 Å². The molecule has 0 spiro atoms. The Morgan fingerprint density at radius 3 is 2.58 bits per heavy atom. The molecular weight excluding hydrogens is 304 g/mol. The van der Waals surface area contributed by atoms with E-state index in [1.807, 2.05) is 48.5 Å². The van der Waals surface area contributed by atoms with Crippen LogP contribution in [0.25, 0.3) is 11.3 Å². The number of rotatable bonds is 1. The molecule has 94 valence electrons. The van der Waals surface area contributed by atoms with Crippen molar-refractivity contribution in [1.82, 2.24) is 0 Å². The lowest BCUT2D eigenvalue weighted by Gasteiger charge is -2.06. The molecule has 0 aliphatic carbocycles. The average Bonchev–Trinajstić information content (AvgIpc) is 2.74. The van der Waals surface area contributed by atoms with E-state index in [-0.39, 0.29) is 5.91 Å². The van der Waals surface area contributed by atoms with E-state index in [4.69, 9.17) is 5.73 Å². The van der Waals surface area contributed by atoms with Gasteiger partial charge in [0, 0.05) is 15.7 Å². The Morgan fingerprint density at radius 2 is 1.84 bits per heavy atom. The van der Waals surface area contributed by atoms with Crippen molar-refractivity contribution < 1.29 is 4.79 Å². The van der Waals surface area contributed by atoms with Crippen molar-refractivity contribution in [2.75, 3.05) is 5.32 Å². The molecule has 2 aromatic rings. The predicted molar refractivity (Wildman–Crippen MR) is 80.2 cm³/mol. The third kappa shape index (κ3) is 2.04. The molecule has 1 aliphatic rings. The van der Waals surface area contributed by atoms with Crippen LogP contribution < -0.4 is 11.1 Å². The monoisotopic (exact) mass is 314 g/mol. The third-order valence-corrected chi connectivity index (χ3v) is 3.57. The minimum absolute atomic E-state index is 0.158. The van der Waals surface area contributed by atoms with Crippen molar-refractivity contribution >= 4 is 38.8 Å². The Labute approximate surface area is 119 Å². The van der Waals surface area contributed by atoms with Crippen LogP contribution in [-0.4, -0.2) is 5.91 Å². The van der Waals surface area contributed by atoms with Gasteiger partial charge in [-0.25, -0.2) is 0 Å². The summed E-state index contributed by atoms with van der Waals surface area (Å²) in [5.41, 5.74) is 9.66. The lowest BCUT2D eigenvalue weighted by Crippen LogP contribution is -2.09. The molecule has 0 aromatic heterocycles. The molecule has 3 rings (SSSR count). The maximum atomic E-state index is 12.1. The number of fused-ring (bicyclic) bond motifs is 1. The van der Waals surface area contributed by atoms with E-state index in [0.29, 0.717) is 11.3 Å². The van der Waals surface area contributed by atoms with Crippen molar-refractivity contribution in [3.05, 3.63) is 64.1 Å². The number of carbonyl (C=O) groups excluding carboxylic acids is 1. The first-order valence-corrected chi connectivity index (χ1v) is 6.62. The summed E-state index contributed by atoms with van der Waals surface area (Å²) in [7, 11) is 0. The molecule has 0 radical (unpaired) electrons. The zero-order chi connectivity index (χ0) is 13.4. The first-order valence-electron chi connectivity index (χ1n) is 5.83. The minimum Gasteiger partial charge on any atom is -0.398 e. The summed E-state index contributed by atoms with van der Waals surface area (Å²) in [5.74, 6) is -0.158. The first-order chi connectivity index (χ1) is 9.16. The smallest absolute Gasteiger partial charge is 0.258 e. The molecule has 3 N–H and O–H groups in total. The van der Waals surface area contributed by atoms with Crippen LogP contribution in [-0.2, 0) is 4.79 Å². The Bertz CT molecular complexity index is 693. The Kier molecular flexibility index (Phi) is 2.87. The van der Waals surface area contributed by atoms with Gasteiger partial charge in [-0.1, -0.05) is 46.3 Å². The fourth-order valence-electron chi connectivity index (χ4n) is 2.17. The standard InChI is InChI=1S/C15H11BrN2O/c16-10-6-7-12-11(8-10)13(15(19)18-12)14(17)9-4-2-1-3-5-9/h1-8H,17H2,(H,18,19)/b14-13-. The van der Waals surface area contributed by atoms with E-state index in [9.17, 15) is 4.79 Å². The zero-order valence-corrected chi connectivity index (χ0v) is 11.6. The SMILES string of the molecule is N/C(=C1\C(=O)Nc2ccc(Br)cc21)c1ccccc1. The second-order valence-electron chi connectivity index (χ2n) is 4.30. The number of nitrogens with two attached hydrogens (primary N) is 1. The van der Waals surface area contributed by atoms with Crippen LogP contribution in [0.3, 0.4) is 0 Å². The highest BCUT2D eigenvalue weighted by atomic mass is 79.9. The van der Waals surface area contributed by atoms with E-state index in [1.54, 1.807) is 0 Å². The highest BCUT2D eigenvalue weighted by molar-refractivity contribution is 9.10. The number of amides is 1. The minimum atomic E-state index is -0.158. The molecule has 1 aliphatic heterocycles. The fourth-order valence-corrected chi connectivity index (χ4v) is 2.53. The van der Waals surface area contributed by atoms with Crippen molar-refractivity contribution in [1.29, 1.82) is 0 Å². The van der Waals surface area contributed by atoms with Crippen molar-refractivity contribution in [2.45, 2.75) is 0 Å². The largest absolute Gasteiger partial charge is 0.398 e. The van der Waals surface area contributed by atoms with E-state index in [1.165, 1.54) is 0 Å². The van der Waals surface area contributed by atoms with Gasteiger partial charge in [-0.3, -0.25) is 4.79 Å². The van der Waals surface area contributed by atoms with Gasteiger partial charge >= 0.3 is 0 Å². The summed E-state index contributed by atoms with van der Waals surface area (Å²) in [6.45, 7) is 0. The second-order valence-corrected chi connectivity index (χ2v) is 5.21. The number of carbonyl (C=O) groups is 1. The number of hydrogen-bond donors (Lipinski definition) is 2. The van der Waals surface area contributed by atoms with Gasteiger partial charge in [0.1, 0.15) is 0 Å². The van der Waals surface area contributed by atoms with Gasteiger partial charge in [0.25, 0.3) is 5.91 Å². The summed E-state index contributed by atoms with van der Waals surface area (Å²) in [5, 5.41) is 2.83. The lowest BCUT2D eigenvalue weighted by molar-refractivity contribution is -0.110. The number of nitrogens with one attached hydrogen (secondary N) is 1. The van der Waals surface area contributed by atoms with E-state index in [2.05, 4.69) is 21.2 Å². The van der Waals surface area contributed by atoms with E-state index in [0.717, 1.165) is 21.3 Å². The number of hydrogen-bond acceptors (Lipinski definition) is 2. The molecule has 0 bridgehead atoms. The van der Waals surface area contributed by atoms with Crippen LogP contribution in [0.1, 0.15) is 11.1 Å². The Balaban J connectivity index is 2.21. The van der Waals surface area contributed by atoms with Crippen molar-refractivity contribution in [2.24, 2.45) is 5.73 Å². The van der Waals surface area contributed by atoms with E-state index < -0.39 is 0 Å². The number of benzene rings is 2. The lowest BCUT2D eigenvalue weighted by atomic mass is 10.0. The molecule has 1 heterocycles.